The molecule has 2 aliphatic carbocycles. The molecule has 0 aliphatic heterocycles. The van der Waals surface area contributed by atoms with Gasteiger partial charge in [0.05, 0.1) is 11.9 Å². The highest BCUT2D eigenvalue weighted by molar-refractivity contribution is 6.04. The summed E-state index contributed by atoms with van der Waals surface area (Å²) >= 11 is 0. The molecule has 5 heteroatoms. The molecule has 0 unspecified atom stereocenters. The van der Waals surface area contributed by atoms with Crippen LogP contribution in [0.3, 0.4) is 0 Å². The van der Waals surface area contributed by atoms with Crippen LogP contribution in [0.15, 0.2) is 36.7 Å². The molecule has 0 saturated heterocycles. The molecule has 2 aromatic rings. The Balaban J connectivity index is 1.33. The Bertz CT molecular complexity index is 702. The van der Waals surface area contributed by atoms with Crippen molar-refractivity contribution in [3.8, 4) is 0 Å². The molecule has 120 valence electrons. The number of aromatic nitrogens is 2. The van der Waals surface area contributed by atoms with Crippen molar-refractivity contribution in [3.63, 3.8) is 0 Å². The molecule has 5 nitrogen and oxygen atoms in total. The predicted octanol–water partition coefficient (Wildman–Crippen LogP) is 2.53. The maximum absolute atomic E-state index is 12.2. The fourth-order valence-corrected chi connectivity index (χ4v) is 3.00. The number of hydrogen-bond donors (Lipinski definition) is 2. The number of hydrogen-bond acceptors (Lipinski definition) is 3. The van der Waals surface area contributed by atoms with Gasteiger partial charge in [-0.1, -0.05) is 12.1 Å². The van der Waals surface area contributed by atoms with Crippen molar-refractivity contribution in [1.82, 2.24) is 15.1 Å². The summed E-state index contributed by atoms with van der Waals surface area (Å²) in [6, 6.07) is 8.63. The lowest BCUT2D eigenvalue weighted by Gasteiger charge is -2.05. The largest absolute Gasteiger partial charge is 0.319 e. The predicted molar refractivity (Wildman–Crippen MR) is 89.5 cm³/mol. The second-order valence-corrected chi connectivity index (χ2v) is 6.78. The van der Waals surface area contributed by atoms with Gasteiger partial charge in [0.15, 0.2) is 0 Å². The molecule has 4 rings (SSSR count). The molecule has 0 bridgehead atoms. The van der Waals surface area contributed by atoms with E-state index >= 15 is 0 Å². The Hall–Kier alpha value is -2.14. The number of carbonyl (C=O) groups is 1. The molecule has 2 aliphatic rings. The van der Waals surface area contributed by atoms with Crippen LogP contribution in [0.2, 0.25) is 0 Å². The molecule has 0 spiro atoms. The number of nitrogens with one attached hydrogen (secondary N) is 2. The molecule has 1 heterocycles. The summed E-state index contributed by atoms with van der Waals surface area (Å²) in [7, 11) is 1.83. The van der Waals surface area contributed by atoms with E-state index in [0.29, 0.717) is 23.2 Å². The molecule has 1 amide bonds. The third-order valence-corrected chi connectivity index (χ3v) is 4.72. The maximum Gasteiger partial charge on any atom is 0.255 e. The fraction of sp³-hybridized carbons (Fsp3) is 0.444. The van der Waals surface area contributed by atoms with Crippen molar-refractivity contribution in [3.05, 3.63) is 47.8 Å². The van der Waals surface area contributed by atoms with Crippen LogP contribution >= 0.6 is 0 Å². The van der Waals surface area contributed by atoms with Crippen molar-refractivity contribution >= 4 is 11.6 Å². The molecule has 1 aromatic heterocycles. The number of benzene rings is 1. The highest BCUT2D eigenvalue weighted by Gasteiger charge is 2.38. The smallest absolute Gasteiger partial charge is 0.255 e. The van der Waals surface area contributed by atoms with Crippen LogP contribution in [0.4, 0.5) is 5.69 Å². The Morgan fingerprint density at radius 2 is 2.09 bits per heavy atom. The maximum atomic E-state index is 12.2. The van der Waals surface area contributed by atoms with Crippen LogP contribution in [-0.2, 0) is 7.05 Å². The van der Waals surface area contributed by atoms with Crippen molar-refractivity contribution in [1.29, 1.82) is 0 Å². The topological polar surface area (TPSA) is 59.0 Å². The van der Waals surface area contributed by atoms with Gasteiger partial charge in [-0.3, -0.25) is 9.48 Å². The van der Waals surface area contributed by atoms with E-state index in [1.165, 1.54) is 31.4 Å². The first-order valence-electron chi connectivity index (χ1n) is 8.32. The lowest BCUT2D eigenvalue weighted by atomic mass is 10.1. The minimum absolute atomic E-state index is 0.0937. The Morgan fingerprint density at radius 3 is 2.74 bits per heavy atom. The van der Waals surface area contributed by atoms with E-state index in [0.717, 1.165) is 5.92 Å². The van der Waals surface area contributed by atoms with E-state index in [4.69, 9.17) is 0 Å². The Morgan fingerprint density at radius 1 is 1.30 bits per heavy atom. The minimum atomic E-state index is -0.0937. The molecule has 2 N–H and O–H groups in total. The highest BCUT2D eigenvalue weighted by Crippen LogP contribution is 2.41. The van der Waals surface area contributed by atoms with Crippen molar-refractivity contribution < 1.29 is 4.79 Å². The van der Waals surface area contributed by atoms with Crippen molar-refractivity contribution in [2.45, 2.75) is 31.2 Å². The first-order valence-corrected chi connectivity index (χ1v) is 8.32. The monoisotopic (exact) mass is 310 g/mol. The normalized spacial score (nSPS) is 22.8. The van der Waals surface area contributed by atoms with Crippen LogP contribution in [0.25, 0.3) is 0 Å². The number of rotatable bonds is 6. The number of carbonyl (C=O) groups excluding carboxylic acids is 1. The van der Waals surface area contributed by atoms with Gasteiger partial charge < -0.3 is 10.6 Å². The van der Waals surface area contributed by atoms with Crippen LogP contribution in [-0.4, -0.2) is 28.3 Å². The van der Waals surface area contributed by atoms with Crippen LogP contribution in [0, 0.1) is 5.92 Å². The lowest BCUT2D eigenvalue weighted by molar-refractivity contribution is 0.102. The zero-order valence-electron chi connectivity index (χ0n) is 13.3. The zero-order chi connectivity index (χ0) is 15.8. The van der Waals surface area contributed by atoms with Crippen LogP contribution < -0.4 is 10.6 Å². The summed E-state index contributed by atoms with van der Waals surface area (Å²) in [5, 5.41) is 10.6. The van der Waals surface area contributed by atoms with Gasteiger partial charge in [0, 0.05) is 30.8 Å². The van der Waals surface area contributed by atoms with Gasteiger partial charge in [-0.15, -0.1) is 0 Å². The molecule has 2 atom stereocenters. The van der Waals surface area contributed by atoms with Gasteiger partial charge in [0.1, 0.15) is 0 Å². The van der Waals surface area contributed by atoms with E-state index < -0.39 is 0 Å². The van der Waals surface area contributed by atoms with Gasteiger partial charge >= 0.3 is 0 Å². The van der Waals surface area contributed by atoms with Gasteiger partial charge in [-0.05, 0) is 49.4 Å². The number of anilines is 1. The molecule has 1 aromatic carbocycles. The standard InChI is InChI=1S/C18H22N4O/c1-22-11-15(10-20-22)21-18(23)14-6-4-13(5-7-14)16-8-17(16)19-9-12-2-3-12/h4-7,10-12,16-17,19H,2-3,8-9H2,1H3,(H,21,23)/t16-,17+/m0/s1. The molecular weight excluding hydrogens is 288 g/mol. The number of nitrogens with zero attached hydrogens (tertiary/aromatic N) is 2. The van der Waals surface area contributed by atoms with Gasteiger partial charge in [0.2, 0.25) is 0 Å². The summed E-state index contributed by atoms with van der Waals surface area (Å²) < 4.78 is 1.67. The molecule has 0 radical (unpaired) electrons. The summed E-state index contributed by atoms with van der Waals surface area (Å²) in [5.74, 6) is 1.45. The second-order valence-electron chi connectivity index (χ2n) is 6.78. The van der Waals surface area contributed by atoms with Crippen molar-refractivity contribution in [2.24, 2.45) is 13.0 Å². The van der Waals surface area contributed by atoms with E-state index in [-0.39, 0.29) is 5.91 Å². The van der Waals surface area contributed by atoms with Gasteiger partial charge in [-0.25, -0.2) is 0 Å². The summed E-state index contributed by atoms with van der Waals surface area (Å²) in [6.45, 7) is 1.17. The minimum Gasteiger partial charge on any atom is -0.319 e. The summed E-state index contributed by atoms with van der Waals surface area (Å²) in [6.07, 6.45) is 7.43. The third-order valence-electron chi connectivity index (χ3n) is 4.72. The Kier molecular flexibility index (Phi) is 3.65. The van der Waals surface area contributed by atoms with E-state index in [1.807, 2.05) is 19.2 Å². The molecule has 23 heavy (non-hydrogen) atoms. The molecule has 2 saturated carbocycles. The van der Waals surface area contributed by atoms with E-state index in [1.54, 1.807) is 17.1 Å². The average molecular weight is 310 g/mol. The quantitative estimate of drug-likeness (QED) is 0.862. The fourth-order valence-electron chi connectivity index (χ4n) is 3.00. The van der Waals surface area contributed by atoms with Crippen LogP contribution in [0.1, 0.15) is 41.1 Å². The summed E-state index contributed by atoms with van der Waals surface area (Å²) in [5.41, 5.74) is 2.73. The first-order chi connectivity index (χ1) is 11.2. The first kappa shape index (κ1) is 14.5. The lowest BCUT2D eigenvalue weighted by Crippen LogP contribution is -2.20. The highest BCUT2D eigenvalue weighted by atomic mass is 16.1. The number of amides is 1. The Labute approximate surface area is 136 Å². The second kappa shape index (κ2) is 5.81. The van der Waals surface area contributed by atoms with Crippen LogP contribution in [0.5, 0.6) is 0 Å². The van der Waals surface area contributed by atoms with Gasteiger partial charge in [0.25, 0.3) is 5.91 Å². The van der Waals surface area contributed by atoms with Gasteiger partial charge in [-0.2, -0.15) is 5.10 Å². The van der Waals surface area contributed by atoms with Crippen molar-refractivity contribution in [2.75, 3.05) is 11.9 Å². The zero-order valence-corrected chi connectivity index (χ0v) is 13.3. The molecule has 2 fully saturated rings. The summed E-state index contributed by atoms with van der Waals surface area (Å²) in [4.78, 5) is 12.2. The SMILES string of the molecule is Cn1cc(NC(=O)c2ccc([C@@H]3C[C@H]3NCC3CC3)cc2)cn1. The number of aryl methyl sites for hydroxylation is 1. The third kappa shape index (κ3) is 3.45. The average Bonchev–Trinajstić information content (AvgIpc) is 3.46. The molecular formula is C18H22N4O. The van der Waals surface area contributed by atoms with E-state index in [9.17, 15) is 4.79 Å². The van der Waals surface area contributed by atoms with E-state index in [2.05, 4.69) is 27.9 Å².